The second-order valence-electron chi connectivity index (χ2n) is 8.28. The average molecular weight is 459 g/mol. The van der Waals surface area contributed by atoms with Crippen molar-refractivity contribution in [2.75, 3.05) is 13.7 Å². The van der Waals surface area contributed by atoms with Crippen LogP contribution in [0.25, 0.3) is 45.3 Å². The van der Waals surface area contributed by atoms with Gasteiger partial charge in [-0.1, -0.05) is 78.9 Å². The van der Waals surface area contributed by atoms with Crippen LogP contribution in [0.2, 0.25) is 0 Å². The van der Waals surface area contributed by atoms with E-state index in [1.165, 1.54) is 5.56 Å². The highest BCUT2D eigenvalue weighted by atomic mass is 16.5. The Labute approximate surface area is 205 Å². The molecule has 3 aromatic carbocycles. The van der Waals surface area contributed by atoms with E-state index >= 15 is 0 Å². The number of hydrogen-bond donors (Lipinski definition) is 0. The van der Waals surface area contributed by atoms with Gasteiger partial charge in [-0.25, -0.2) is 15.0 Å². The third-order valence-corrected chi connectivity index (χ3v) is 5.96. The number of ether oxygens (including phenoxy) is 1. The van der Waals surface area contributed by atoms with Crippen molar-refractivity contribution in [3.05, 3.63) is 108 Å². The molecule has 35 heavy (non-hydrogen) atoms. The van der Waals surface area contributed by atoms with Gasteiger partial charge in [0.2, 0.25) is 0 Å². The molecular weight excluding hydrogens is 432 g/mol. The van der Waals surface area contributed by atoms with Crippen molar-refractivity contribution in [2.24, 2.45) is 0 Å². The van der Waals surface area contributed by atoms with E-state index in [4.69, 9.17) is 19.7 Å². The van der Waals surface area contributed by atoms with Crippen molar-refractivity contribution in [3.8, 4) is 45.3 Å². The predicted octanol–water partition coefficient (Wildman–Crippen LogP) is 6.43. The Kier molecular flexibility index (Phi) is 6.68. The largest absolute Gasteiger partial charge is 0.384 e. The van der Waals surface area contributed by atoms with Crippen molar-refractivity contribution in [1.29, 1.82) is 0 Å². The van der Waals surface area contributed by atoms with E-state index in [0.717, 1.165) is 39.9 Å². The van der Waals surface area contributed by atoms with Crippen molar-refractivity contribution in [2.45, 2.75) is 13.3 Å². The van der Waals surface area contributed by atoms with Crippen LogP contribution in [0.5, 0.6) is 0 Å². The lowest BCUT2D eigenvalue weighted by Gasteiger charge is -2.13. The molecular formula is C30H26N4O. The van der Waals surface area contributed by atoms with E-state index in [1.807, 2.05) is 79.9 Å². The Morgan fingerprint density at radius 1 is 0.629 bits per heavy atom. The highest BCUT2D eigenvalue weighted by Gasteiger charge is 2.14. The van der Waals surface area contributed by atoms with Gasteiger partial charge in [0.1, 0.15) is 0 Å². The summed E-state index contributed by atoms with van der Waals surface area (Å²) in [7, 11) is 1.72. The van der Waals surface area contributed by atoms with E-state index in [9.17, 15) is 0 Å². The van der Waals surface area contributed by atoms with Crippen LogP contribution >= 0.6 is 0 Å². The first-order valence-electron chi connectivity index (χ1n) is 11.6. The maximum Gasteiger partial charge on any atom is 0.164 e. The molecule has 0 atom stereocenters. The first-order valence-corrected chi connectivity index (χ1v) is 11.6. The van der Waals surface area contributed by atoms with Gasteiger partial charge in [-0.15, -0.1) is 0 Å². The Morgan fingerprint density at radius 2 is 1.17 bits per heavy atom. The minimum Gasteiger partial charge on any atom is -0.384 e. The number of aromatic nitrogens is 4. The summed E-state index contributed by atoms with van der Waals surface area (Å²) in [4.78, 5) is 19.0. The minimum atomic E-state index is 0.642. The molecule has 5 heteroatoms. The average Bonchev–Trinajstić information content (AvgIpc) is 2.93. The van der Waals surface area contributed by atoms with Gasteiger partial charge in [0, 0.05) is 35.7 Å². The van der Waals surface area contributed by atoms with Gasteiger partial charge in [0.25, 0.3) is 0 Å². The molecule has 0 unspecified atom stereocenters. The lowest BCUT2D eigenvalue weighted by Crippen LogP contribution is -2.02. The summed E-state index contributed by atoms with van der Waals surface area (Å²) in [6, 6.07) is 30.5. The quantitative estimate of drug-likeness (QED) is 0.281. The molecule has 0 amide bonds. The first-order chi connectivity index (χ1) is 17.2. The number of methoxy groups -OCH3 is 1. The minimum absolute atomic E-state index is 0.642. The van der Waals surface area contributed by atoms with Crippen LogP contribution in [0.4, 0.5) is 0 Å². The summed E-state index contributed by atoms with van der Waals surface area (Å²) in [6.45, 7) is 2.69. The molecule has 0 aliphatic carbocycles. The van der Waals surface area contributed by atoms with Crippen LogP contribution in [-0.2, 0) is 11.2 Å². The fourth-order valence-corrected chi connectivity index (χ4v) is 4.15. The second kappa shape index (κ2) is 10.4. The molecule has 5 nitrogen and oxygen atoms in total. The van der Waals surface area contributed by atoms with Gasteiger partial charge >= 0.3 is 0 Å². The maximum absolute atomic E-state index is 5.34. The molecule has 0 N–H and O–H groups in total. The predicted molar refractivity (Wildman–Crippen MR) is 140 cm³/mol. The number of hydrogen-bond acceptors (Lipinski definition) is 5. The van der Waals surface area contributed by atoms with Gasteiger partial charge in [0.15, 0.2) is 17.5 Å². The summed E-state index contributed by atoms with van der Waals surface area (Å²) < 4.78 is 5.34. The molecule has 0 radical (unpaired) electrons. The van der Waals surface area contributed by atoms with Crippen LogP contribution in [-0.4, -0.2) is 33.7 Å². The Hall–Kier alpha value is -4.22. The molecule has 5 aromatic rings. The summed E-state index contributed by atoms with van der Waals surface area (Å²) in [6.07, 6.45) is 2.66. The van der Waals surface area contributed by atoms with Gasteiger partial charge in [0.05, 0.1) is 6.61 Å². The van der Waals surface area contributed by atoms with Crippen LogP contribution in [0.1, 0.15) is 11.3 Å². The molecule has 2 aromatic heterocycles. The summed E-state index contributed by atoms with van der Waals surface area (Å²) in [5.41, 5.74) is 7.30. The van der Waals surface area contributed by atoms with Crippen LogP contribution in [0, 0.1) is 6.92 Å². The normalized spacial score (nSPS) is 10.9. The number of rotatable bonds is 7. The maximum atomic E-state index is 5.34. The van der Waals surface area contributed by atoms with Gasteiger partial charge in [-0.05, 0) is 42.2 Å². The van der Waals surface area contributed by atoms with E-state index in [2.05, 4.69) is 29.2 Å². The Bertz CT molecular complexity index is 1380. The third kappa shape index (κ3) is 5.00. The summed E-state index contributed by atoms with van der Waals surface area (Å²) >= 11 is 0. The number of pyridine rings is 1. The lowest BCUT2D eigenvalue weighted by atomic mass is 9.96. The highest BCUT2D eigenvalue weighted by Crippen LogP contribution is 2.30. The third-order valence-electron chi connectivity index (χ3n) is 5.96. The van der Waals surface area contributed by atoms with Crippen LogP contribution in [0.15, 0.2) is 97.2 Å². The SMILES string of the molecule is COCCc1c(-c2cccc(-c3nc(-c4ccccc4)nc(-c4ccccc4)n3)c2)ccnc1C. The number of aryl methyl sites for hydroxylation is 1. The zero-order chi connectivity index (χ0) is 24.0. The van der Waals surface area contributed by atoms with E-state index in [-0.39, 0.29) is 0 Å². The van der Waals surface area contributed by atoms with Crippen molar-refractivity contribution < 1.29 is 4.74 Å². The van der Waals surface area contributed by atoms with Crippen molar-refractivity contribution in [1.82, 2.24) is 19.9 Å². The topological polar surface area (TPSA) is 60.8 Å². The summed E-state index contributed by atoms with van der Waals surface area (Å²) in [5, 5.41) is 0. The zero-order valence-electron chi connectivity index (χ0n) is 19.8. The number of nitrogens with zero attached hydrogens (tertiary/aromatic N) is 4. The molecule has 0 saturated heterocycles. The van der Waals surface area contributed by atoms with Crippen molar-refractivity contribution in [3.63, 3.8) is 0 Å². The van der Waals surface area contributed by atoms with Gasteiger partial charge < -0.3 is 4.74 Å². The molecule has 0 aliphatic heterocycles. The highest BCUT2D eigenvalue weighted by molar-refractivity contribution is 5.74. The summed E-state index contributed by atoms with van der Waals surface area (Å²) in [5.74, 6) is 1.95. The molecule has 2 heterocycles. The molecule has 0 spiro atoms. The standard InChI is InChI=1S/C30H26N4O/c1-21-26(17-19-35-2)27(16-18-31-21)24-14-9-15-25(20-24)30-33-28(22-10-5-3-6-11-22)32-29(34-30)23-12-7-4-8-13-23/h3-16,18,20H,17,19H2,1-2H3. The molecule has 5 rings (SSSR count). The zero-order valence-corrected chi connectivity index (χ0v) is 19.8. The fraction of sp³-hybridized carbons (Fsp3) is 0.133. The van der Waals surface area contributed by atoms with E-state index < -0.39 is 0 Å². The van der Waals surface area contributed by atoms with Crippen LogP contribution in [0.3, 0.4) is 0 Å². The van der Waals surface area contributed by atoms with E-state index in [0.29, 0.717) is 24.1 Å². The molecule has 0 aliphatic rings. The first kappa shape index (κ1) is 22.6. The Balaban J connectivity index is 1.63. The molecule has 0 saturated carbocycles. The van der Waals surface area contributed by atoms with Gasteiger partial charge in [-0.3, -0.25) is 4.98 Å². The molecule has 0 fully saturated rings. The Morgan fingerprint density at radius 3 is 1.77 bits per heavy atom. The molecule has 172 valence electrons. The number of benzene rings is 3. The lowest BCUT2D eigenvalue weighted by molar-refractivity contribution is 0.202. The molecule has 0 bridgehead atoms. The smallest absolute Gasteiger partial charge is 0.164 e. The van der Waals surface area contributed by atoms with Crippen molar-refractivity contribution >= 4 is 0 Å². The van der Waals surface area contributed by atoms with Crippen LogP contribution < -0.4 is 0 Å². The second-order valence-corrected chi connectivity index (χ2v) is 8.28. The van der Waals surface area contributed by atoms with Gasteiger partial charge in [-0.2, -0.15) is 0 Å². The fourth-order valence-electron chi connectivity index (χ4n) is 4.15. The monoisotopic (exact) mass is 458 g/mol. The van der Waals surface area contributed by atoms with E-state index in [1.54, 1.807) is 7.11 Å².